The fourth-order valence-electron chi connectivity index (χ4n) is 2.99. The molecule has 0 bridgehead atoms. The van der Waals surface area contributed by atoms with E-state index in [2.05, 4.69) is 10.2 Å². The van der Waals surface area contributed by atoms with E-state index in [1.165, 1.54) is 12.1 Å². The van der Waals surface area contributed by atoms with Gasteiger partial charge >= 0.3 is 6.18 Å². The number of rotatable bonds is 4. The van der Waals surface area contributed by atoms with Crippen LogP contribution in [0, 0.1) is 0 Å². The van der Waals surface area contributed by atoms with Crippen molar-refractivity contribution in [2.75, 3.05) is 42.9 Å². The number of hydrogen-bond donors (Lipinski definition) is 1. The number of nitrogens with zero attached hydrogens (tertiary/aromatic N) is 2. The van der Waals surface area contributed by atoms with Crippen LogP contribution < -0.4 is 10.2 Å². The van der Waals surface area contributed by atoms with Gasteiger partial charge in [0.15, 0.2) is 0 Å². The normalized spacial score (nSPS) is 15.6. The molecule has 4 nitrogen and oxygen atoms in total. The number of benzene rings is 2. The Morgan fingerprint density at radius 2 is 1.70 bits per heavy atom. The van der Waals surface area contributed by atoms with Crippen LogP contribution in [0.1, 0.15) is 5.56 Å². The van der Waals surface area contributed by atoms with Gasteiger partial charge in [0.2, 0.25) is 5.91 Å². The Morgan fingerprint density at radius 3 is 2.33 bits per heavy atom. The monoisotopic (exact) mass is 397 g/mol. The van der Waals surface area contributed by atoms with Crippen molar-refractivity contribution < 1.29 is 18.0 Å². The summed E-state index contributed by atoms with van der Waals surface area (Å²) >= 11 is 5.90. The third-order valence-corrected chi connectivity index (χ3v) is 4.66. The second-order valence-corrected chi connectivity index (χ2v) is 6.80. The van der Waals surface area contributed by atoms with E-state index in [1.807, 2.05) is 29.2 Å². The summed E-state index contributed by atoms with van der Waals surface area (Å²) in [4.78, 5) is 16.4. The van der Waals surface area contributed by atoms with E-state index in [0.717, 1.165) is 30.9 Å². The third-order valence-electron chi connectivity index (χ3n) is 4.40. The van der Waals surface area contributed by atoms with Crippen LogP contribution in [0.25, 0.3) is 0 Å². The van der Waals surface area contributed by atoms with E-state index in [4.69, 9.17) is 11.6 Å². The van der Waals surface area contributed by atoms with Crippen molar-refractivity contribution in [2.45, 2.75) is 6.18 Å². The SMILES string of the molecule is O=C(CN1CCN(c2ccc(Cl)cc2)CC1)Nc1cccc(C(F)(F)F)c1. The molecule has 144 valence electrons. The van der Waals surface area contributed by atoms with Gasteiger partial charge in [0.05, 0.1) is 12.1 Å². The van der Waals surface area contributed by atoms with Gasteiger partial charge in [0.25, 0.3) is 0 Å². The summed E-state index contributed by atoms with van der Waals surface area (Å²) in [6.45, 7) is 3.05. The molecule has 0 spiro atoms. The van der Waals surface area contributed by atoms with E-state index >= 15 is 0 Å². The maximum absolute atomic E-state index is 12.7. The van der Waals surface area contributed by atoms with Crippen LogP contribution in [0.5, 0.6) is 0 Å². The Bertz CT molecular complexity index is 788. The van der Waals surface area contributed by atoms with E-state index in [9.17, 15) is 18.0 Å². The maximum Gasteiger partial charge on any atom is 0.416 e. The fraction of sp³-hybridized carbons (Fsp3) is 0.316. The standard InChI is InChI=1S/C19H19ClF3N3O/c20-15-4-6-17(7-5-15)26-10-8-25(9-11-26)13-18(27)24-16-3-1-2-14(12-16)19(21,22)23/h1-7,12H,8-11,13H2,(H,24,27). The molecule has 1 amide bonds. The number of piperazine rings is 1. The van der Waals surface area contributed by atoms with E-state index in [-0.39, 0.29) is 18.1 Å². The van der Waals surface area contributed by atoms with E-state index < -0.39 is 11.7 Å². The number of halogens is 4. The third kappa shape index (κ3) is 5.37. The lowest BCUT2D eigenvalue weighted by molar-refractivity contribution is -0.137. The smallest absolute Gasteiger partial charge is 0.369 e. The summed E-state index contributed by atoms with van der Waals surface area (Å²) in [6.07, 6.45) is -4.43. The van der Waals surface area contributed by atoms with E-state index in [0.29, 0.717) is 18.1 Å². The van der Waals surface area contributed by atoms with Crippen LogP contribution in [0.15, 0.2) is 48.5 Å². The minimum absolute atomic E-state index is 0.144. The van der Waals surface area contributed by atoms with Crippen molar-refractivity contribution in [3.05, 3.63) is 59.1 Å². The molecular weight excluding hydrogens is 379 g/mol. The Morgan fingerprint density at radius 1 is 1.04 bits per heavy atom. The van der Waals surface area contributed by atoms with Gasteiger partial charge in [-0.3, -0.25) is 9.69 Å². The van der Waals surface area contributed by atoms with Gasteiger partial charge in [-0.2, -0.15) is 13.2 Å². The average Bonchev–Trinajstić information content (AvgIpc) is 2.62. The molecule has 0 atom stereocenters. The Hall–Kier alpha value is -2.25. The highest BCUT2D eigenvalue weighted by Gasteiger charge is 2.30. The van der Waals surface area contributed by atoms with Crippen LogP contribution in [-0.2, 0) is 11.0 Å². The predicted octanol–water partition coefficient (Wildman–Crippen LogP) is 4.12. The van der Waals surface area contributed by atoms with Crippen molar-refractivity contribution in [3.63, 3.8) is 0 Å². The van der Waals surface area contributed by atoms with Gasteiger partial charge < -0.3 is 10.2 Å². The first-order valence-electron chi connectivity index (χ1n) is 8.51. The second-order valence-electron chi connectivity index (χ2n) is 6.37. The summed E-state index contributed by atoms with van der Waals surface area (Å²) in [5, 5.41) is 3.23. The number of carbonyl (C=O) groups is 1. The molecule has 0 aromatic heterocycles. The van der Waals surface area contributed by atoms with Gasteiger partial charge in [-0.15, -0.1) is 0 Å². The van der Waals surface area contributed by atoms with Crippen molar-refractivity contribution in [3.8, 4) is 0 Å². The number of hydrogen-bond acceptors (Lipinski definition) is 3. The molecule has 8 heteroatoms. The summed E-state index contributed by atoms with van der Waals surface area (Å²) in [5.41, 5.74) is 0.443. The lowest BCUT2D eigenvalue weighted by Gasteiger charge is -2.35. The quantitative estimate of drug-likeness (QED) is 0.843. The molecule has 0 unspecified atom stereocenters. The molecule has 2 aromatic carbocycles. The molecule has 27 heavy (non-hydrogen) atoms. The zero-order valence-electron chi connectivity index (χ0n) is 14.5. The van der Waals surface area contributed by atoms with Crippen molar-refractivity contribution in [2.24, 2.45) is 0 Å². The van der Waals surface area contributed by atoms with Crippen LogP contribution in [0.4, 0.5) is 24.5 Å². The van der Waals surface area contributed by atoms with Gasteiger partial charge in [-0.05, 0) is 42.5 Å². The first-order valence-corrected chi connectivity index (χ1v) is 8.89. The van der Waals surface area contributed by atoms with Crippen LogP contribution in [0.3, 0.4) is 0 Å². The second kappa shape index (κ2) is 8.19. The van der Waals surface area contributed by atoms with Crippen LogP contribution in [0.2, 0.25) is 5.02 Å². The lowest BCUT2D eigenvalue weighted by Crippen LogP contribution is -2.48. The van der Waals surface area contributed by atoms with Gasteiger partial charge in [-0.1, -0.05) is 17.7 Å². The van der Waals surface area contributed by atoms with Gasteiger partial charge in [0, 0.05) is 42.6 Å². The van der Waals surface area contributed by atoms with Gasteiger partial charge in [0.1, 0.15) is 0 Å². The number of nitrogens with one attached hydrogen (secondary N) is 1. The topological polar surface area (TPSA) is 35.6 Å². The Labute approximate surface area is 160 Å². The lowest BCUT2D eigenvalue weighted by atomic mass is 10.2. The predicted molar refractivity (Wildman–Crippen MR) is 100 cm³/mol. The molecule has 3 rings (SSSR count). The number of anilines is 2. The molecule has 0 radical (unpaired) electrons. The van der Waals surface area contributed by atoms with E-state index in [1.54, 1.807) is 0 Å². The molecule has 1 heterocycles. The molecule has 0 aliphatic carbocycles. The Balaban J connectivity index is 1.50. The van der Waals surface area contributed by atoms with Crippen molar-refractivity contribution in [1.82, 2.24) is 4.90 Å². The first kappa shape index (κ1) is 19.5. The minimum atomic E-state index is -4.43. The minimum Gasteiger partial charge on any atom is -0.369 e. The molecular formula is C19H19ClF3N3O. The molecule has 1 N–H and O–H groups in total. The Kier molecular flexibility index (Phi) is 5.92. The highest BCUT2D eigenvalue weighted by atomic mass is 35.5. The maximum atomic E-state index is 12.7. The zero-order valence-corrected chi connectivity index (χ0v) is 15.2. The fourth-order valence-corrected chi connectivity index (χ4v) is 3.12. The number of amides is 1. The number of alkyl halides is 3. The van der Waals surface area contributed by atoms with Crippen molar-refractivity contribution in [1.29, 1.82) is 0 Å². The molecule has 0 saturated carbocycles. The molecule has 1 aliphatic rings. The molecule has 1 saturated heterocycles. The van der Waals surface area contributed by atoms with Gasteiger partial charge in [-0.25, -0.2) is 0 Å². The number of carbonyl (C=O) groups excluding carboxylic acids is 1. The summed E-state index contributed by atoms with van der Waals surface area (Å²) in [7, 11) is 0. The summed E-state index contributed by atoms with van der Waals surface area (Å²) in [6, 6.07) is 12.2. The summed E-state index contributed by atoms with van der Waals surface area (Å²) in [5.74, 6) is -0.325. The average molecular weight is 398 g/mol. The zero-order chi connectivity index (χ0) is 19.4. The van der Waals surface area contributed by atoms with Crippen LogP contribution in [-0.4, -0.2) is 43.5 Å². The largest absolute Gasteiger partial charge is 0.416 e. The molecule has 1 aliphatic heterocycles. The van der Waals surface area contributed by atoms with Crippen molar-refractivity contribution >= 4 is 28.9 Å². The highest BCUT2D eigenvalue weighted by Crippen LogP contribution is 2.30. The molecule has 1 fully saturated rings. The molecule has 2 aromatic rings. The first-order chi connectivity index (χ1) is 12.8. The van der Waals surface area contributed by atoms with Crippen LogP contribution >= 0.6 is 11.6 Å². The summed E-state index contributed by atoms with van der Waals surface area (Å²) < 4.78 is 38.2. The highest BCUT2D eigenvalue weighted by molar-refractivity contribution is 6.30.